The molecule has 1 spiro atoms. The van der Waals surface area contributed by atoms with E-state index in [2.05, 4.69) is 20.9 Å². The third-order valence-electron chi connectivity index (χ3n) is 7.99. The molecule has 2 aromatic carbocycles. The fourth-order valence-electron chi connectivity index (χ4n) is 5.67. The number of halogens is 1. The molecule has 1 amide bonds. The van der Waals surface area contributed by atoms with Gasteiger partial charge in [0.1, 0.15) is 11.4 Å². The maximum absolute atomic E-state index is 13.5. The first-order valence-corrected chi connectivity index (χ1v) is 15.2. The molecule has 10 nitrogen and oxygen atoms in total. The van der Waals surface area contributed by atoms with Gasteiger partial charge in [0.2, 0.25) is 0 Å². The summed E-state index contributed by atoms with van der Waals surface area (Å²) < 4.78 is 57.3. The summed E-state index contributed by atoms with van der Waals surface area (Å²) >= 11 is 0. The molecule has 0 bridgehead atoms. The number of anilines is 1. The van der Waals surface area contributed by atoms with Crippen LogP contribution in [0.15, 0.2) is 53.7 Å². The highest BCUT2D eigenvalue weighted by Crippen LogP contribution is 2.46. The number of hydrogen-bond acceptors (Lipinski definition) is 8. The maximum Gasteiger partial charge on any atom is 0.415 e. The van der Waals surface area contributed by atoms with Crippen molar-refractivity contribution in [1.29, 1.82) is 0 Å². The number of hydrogen-bond donors (Lipinski definition) is 1. The molecule has 1 aliphatic carbocycles. The lowest BCUT2D eigenvalue weighted by molar-refractivity contribution is -0.00111. The molecule has 3 heterocycles. The summed E-state index contributed by atoms with van der Waals surface area (Å²) in [6, 6.07) is 9.69. The normalized spacial score (nSPS) is 19.0. The van der Waals surface area contributed by atoms with Crippen molar-refractivity contribution in [2.24, 2.45) is 0 Å². The van der Waals surface area contributed by atoms with Gasteiger partial charge < -0.3 is 9.47 Å². The molecular formula is C29H31FN4O6S. The predicted octanol–water partition coefficient (Wildman–Crippen LogP) is 4.80. The van der Waals surface area contributed by atoms with Crippen molar-refractivity contribution >= 4 is 21.9 Å². The highest BCUT2D eigenvalue weighted by atomic mass is 32.2. The quantitative estimate of drug-likeness (QED) is 0.373. The van der Waals surface area contributed by atoms with Gasteiger partial charge in [0, 0.05) is 49.3 Å². The number of carbonyl (C=O) groups is 1. The lowest BCUT2D eigenvalue weighted by Crippen LogP contribution is -2.46. The first-order chi connectivity index (χ1) is 19.6. The number of nitrogens with zero attached hydrogens (tertiary/aromatic N) is 4. The van der Waals surface area contributed by atoms with E-state index < -0.39 is 27.6 Å². The van der Waals surface area contributed by atoms with Gasteiger partial charge in [0.05, 0.1) is 30.4 Å². The predicted molar refractivity (Wildman–Crippen MR) is 148 cm³/mol. The number of benzene rings is 2. The third-order valence-corrected chi connectivity index (χ3v) is 8.86. The van der Waals surface area contributed by atoms with Crippen LogP contribution in [0.3, 0.4) is 0 Å². The molecule has 3 aliphatic rings. The zero-order valence-electron chi connectivity index (χ0n) is 22.6. The molecule has 6 rings (SSSR count). The van der Waals surface area contributed by atoms with Crippen molar-refractivity contribution in [3.05, 3.63) is 65.7 Å². The molecule has 216 valence electrons. The lowest BCUT2D eigenvalue weighted by Gasteiger charge is -2.37. The Morgan fingerprint density at radius 2 is 1.80 bits per heavy atom. The molecule has 3 aromatic rings. The second-order valence-corrected chi connectivity index (χ2v) is 12.3. The minimum absolute atomic E-state index is 0.230. The van der Waals surface area contributed by atoms with Gasteiger partial charge in [-0.2, -0.15) is 8.42 Å². The lowest BCUT2D eigenvalue weighted by atomic mass is 9.90. The van der Waals surface area contributed by atoms with Crippen LogP contribution in [0.2, 0.25) is 0 Å². The van der Waals surface area contributed by atoms with E-state index in [1.165, 1.54) is 41.6 Å². The molecule has 2 aliphatic heterocycles. The Morgan fingerprint density at radius 1 is 1.12 bits per heavy atom. The maximum atomic E-state index is 13.5. The van der Waals surface area contributed by atoms with Crippen molar-refractivity contribution in [1.82, 2.24) is 14.9 Å². The number of likely N-dealkylation sites (tertiary alicyclic amines) is 1. The monoisotopic (exact) mass is 582 g/mol. The van der Waals surface area contributed by atoms with Gasteiger partial charge in [-0.15, -0.1) is 0 Å². The van der Waals surface area contributed by atoms with Gasteiger partial charge in [0.25, 0.3) is 10.1 Å². The van der Waals surface area contributed by atoms with Crippen molar-refractivity contribution in [3.63, 3.8) is 0 Å². The van der Waals surface area contributed by atoms with Gasteiger partial charge >= 0.3 is 6.09 Å². The molecular weight excluding hydrogens is 551 g/mol. The van der Waals surface area contributed by atoms with Crippen molar-refractivity contribution in [3.8, 4) is 17.1 Å². The Kier molecular flexibility index (Phi) is 7.16. The van der Waals surface area contributed by atoms with Gasteiger partial charge in [-0.25, -0.2) is 19.2 Å². The fraction of sp³-hybridized carbons (Fsp3) is 0.414. The minimum Gasteiger partial charge on any atom is -0.494 e. The molecule has 1 N–H and O–H groups in total. The highest BCUT2D eigenvalue weighted by molar-refractivity contribution is 7.85. The van der Waals surface area contributed by atoms with Gasteiger partial charge in [0.15, 0.2) is 11.6 Å². The van der Waals surface area contributed by atoms with E-state index in [1.54, 1.807) is 0 Å². The van der Waals surface area contributed by atoms with Gasteiger partial charge in [-0.05, 0) is 67.6 Å². The Labute approximate surface area is 237 Å². The van der Waals surface area contributed by atoms with Crippen molar-refractivity contribution in [2.75, 3.05) is 31.1 Å². The Balaban J connectivity index is 1.17. The molecule has 0 unspecified atom stereocenters. The summed E-state index contributed by atoms with van der Waals surface area (Å²) in [7, 11) is -4.31. The summed E-state index contributed by atoms with van der Waals surface area (Å²) in [5, 5.41) is 0. The Bertz CT molecular complexity index is 1550. The zero-order valence-corrected chi connectivity index (χ0v) is 23.4. The van der Waals surface area contributed by atoms with E-state index in [-0.39, 0.29) is 4.90 Å². The van der Waals surface area contributed by atoms with E-state index in [1.807, 2.05) is 13.0 Å². The second-order valence-electron chi connectivity index (χ2n) is 10.9. The van der Waals surface area contributed by atoms with Crippen molar-refractivity contribution in [2.45, 2.75) is 55.6 Å². The van der Waals surface area contributed by atoms with Crippen LogP contribution in [0.4, 0.5) is 14.9 Å². The highest BCUT2D eigenvalue weighted by Gasteiger charge is 2.47. The first-order valence-electron chi connectivity index (χ1n) is 13.7. The fourth-order valence-corrected chi connectivity index (χ4v) is 6.15. The van der Waals surface area contributed by atoms with E-state index >= 15 is 0 Å². The summed E-state index contributed by atoms with van der Waals surface area (Å²) in [5.74, 6) is 1.19. The molecule has 1 saturated carbocycles. The van der Waals surface area contributed by atoms with Crippen molar-refractivity contribution < 1.29 is 31.6 Å². The number of rotatable bonds is 8. The van der Waals surface area contributed by atoms with Crippen LogP contribution in [0.5, 0.6) is 5.75 Å². The van der Waals surface area contributed by atoms with Crippen LogP contribution in [0.25, 0.3) is 11.4 Å². The van der Waals surface area contributed by atoms with E-state index in [4.69, 9.17) is 9.47 Å². The smallest absolute Gasteiger partial charge is 0.415 e. The number of carbonyl (C=O) groups excluding carboxylic acids is 1. The van der Waals surface area contributed by atoms with Crippen LogP contribution in [-0.4, -0.2) is 65.8 Å². The third kappa shape index (κ3) is 5.77. The van der Waals surface area contributed by atoms with Gasteiger partial charge in [-0.3, -0.25) is 14.4 Å². The molecule has 1 aromatic heterocycles. The zero-order chi connectivity index (χ0) is 28.8. The minimum atomic E-state index is -4.31. The van der Waals surface area contributed by atoms with Crippen LogP contribution in [0.1, 0.15) is 49.7 Å². The molecule has 0 atom stereocenters. The molecule has 2 saturated heterocycles. The summed E-state index contributed by atoms with van der Waals surface area (Å²) in [6.45, 7) is 4.91. The number of aromatic nitrogens is 2. The average molecular weight is 583 g/mol. The standard InChI is InChI=1S/C29H31FN4O6S/c1-2-39-26-14-25(27-31-15-21(30)16-32-27)24(19-3-4-19)13-20(26)17-33-11-9-29(10-12-33)18-34(28(35)40-29)22-5-7-23(8-6-22)41(36,37)38/h5-8,13-16,19H,2-4,9-12,17-18H2,1H3,(H,36,37,38). The molecule has 3 fully saturated rings. The summed E-state index contributed by atoms with van der Waals surface area (Å²) in [4.78, 5) is 24.8. The largest absolute Gasteiger partial charge is 0.494 e. The molecule has 41 heavy (non-hydrogen) atoms. The van der Waals surface area contributed by atoms with Crippen LogP contribution in [0, 0.1) is 5.82 Å². The number of ether oxygens (including phenoxy) is 2. The van der Waals surface area contributed by atoms with Crippen LogP contribution < -0.4 is 9.64 Å². The topological polar surface area (TPSA) is 122 Å². The first kappa shape index (κ1) is 27.6. The number of piperidine rings is 1. The Hall–Kier alpha value is -3.61. The van der Waals surface area contributed by atoms with E-state index in [0.29, 0.717) is 50.0 Å². The second kappa shape index (κ2) is 10.7. The van der Waals surface area contributed by atoms with Crippen LogP contribution >= 0.6 is 0 Å². The van der Waals surface area contributed by atoms with Crippen LogP contribution in [-0.2, 0) is 21.4 Å². The Morgan fingerprint density at radius 3 is 2.41 bits per heavy atom. The summed E-state index contributed by atoms with van der Waals surface area (Å²) in [5.41, 5.74) is 2.99. The molecule has 12 heteroatoms. The van der Waals surface area contributed by atoms with E-state index in [9.17, 15) is 22.2 Å². The average Bonchev–Trinajstić information content (AvgIpc) is 3.74. The van der Waals surface area contributed by atoms with E-state index in [0.717, 1.165) is 48.4 Å². The molecule has 0 radical (unpaired) electrons. The number of amides is 1. The summed E-state index contributed by atoms with van der Waals surface area (Å²) in [6.07, 6.45) is 5.38. The van der Waals surface area contributed by atoms with Gasteiger partial charge in [-0.1, -0.05) is 0 Å². The SMILES string of the molecule is CCOc1cc(-c2ncc(F)cn2)c(C2CC2)cc1CN1CCC2(CC1)CN(c1ccc(S(=O)(=O)O)cc1)C(=O)O2.